The molecule has 5 heteroatoms. The highest BCUT2D eigenvalue weighted by atomic mass is 16.3. The number of nitrogens with two attached hydrogens (primary N) is 1. The Bertz CT molecular complexity index is 311. The maximum absolute atomic E-state index is 11.8. The van der Waals surface area contributed by atoms with Gasteiger partial charge in [-0.3, -0.25) is 9.69 Å². The van der Waals surface area contributed by atoms with Crippen molar-refractivity contribution in [1.82, 2.24) is 9.80 Å². The number of hydrogen-bond donors (Lipinski definition) is 1. The first-order valence-electron chi connectivity index (χ1n) is 5.28. The molecule has 0 aliphatic heterocycles. The molecule has 0 atom stereocenters. The number of likely N-dealkylation sites (N-methyl/N-ethyl adjacent to an activating group) is 2. The summed E-state index contributed by atoms with van der Waals surface area (Å²) in [7, 11) is 3.65. The predicted molar refractivity (Wildman–Crippen MR) is 61.7 cm³/mol. The lowest BCUT2D eigenvalue weighted by Gasteiger charge is -2.20. The Kier molecular flexibility index (Phi) is 5.01. The average Bonchev–Trinajstić information content (AvgIpc) is 2.70. The SMILES string of the molecule is CN(CCN)CC(=O)N(C)Cc1ccco1. The first-order valence-corrected chi connectivity index (χ1v) is 5.28. The zero-order valence-corrected chi connectivity index (χ0v) is 9.85. The van der Waals surface area contributed by atoms with Gasteiger partial charge in [-0.15, -0.1) is 0 Å². The Morgan fingerprint density at radius 1 is 1.50 bits per heavy atom. The molecule has 5 nitrogen and oxygen atoms in total. The van der Waals surface area contributed by atoms with Gasteiger partial charge in [0.2, 0.25) is 5.91 Å². The first kappa shape index (κ1) is 12.7. The van der Waals surface area contributed by atoms with Gasteiger partial charge in [-0.2, -0.15) is 0 Å². The Hall–Kier alpha value is -1.33. The fourth-order valence-corrected chi connectivity index (χ4v) is 1.38. The number of hydrogen-bond acceptors (Lipinski definition) is 4. The molecular formula is C11H19N3O2. The quantitative estimate of drug-likeness (QED) is 0.747. The van der Waals surface area contributed by atoms with Crippen molar-refractivity contribution in [3.63, 3.8) is 0 Å². The number of amides is 1. The van der Waals surface area contributed by atoms with Crippen LogP contribution in [0.1, 0.15) is 5.76 Å². The highest BCUT2D eigenvalue weighted by Gasteiger charge is 2.12. The monoisotopic (exact) mass is 225 g/mol. The number of carbonyl (C=O) groups excluding carboxylic acids is 1. The van der Waals surface area contributed by atoms with Crippen LogP contribution in [0.5, 0.6) is 0 Å². The second-order valence-corrected chi connectivity index (χ2v) is 3.86. The van der Waals surface area contributed by atoms with Crippen LogP contribution in [0.3, 0.4) is 0 Å². The first-order chi connectivity index (χ1) is 7.63. The summed E-state index contributed by atoms with van der Waals surface area (Å²) in [4.78, 5) is 15.3. The molecule has 0 spiro atoms. The molecule has 0 radical (unpaired) electrons. The van der Waals surface area contributed by atoms with Crippen molar-refractivity contribution in [1.29, 1.82) is 0 Å². The van der Waals surface area contributed by atoms with Crippen LogP contribution >= 0.6 is 0 Å². The fourth-order valence-electron chi connectivity index (χ4n) is 1.38. The molecule has 16 heavy (non-hydrogen) atoms. The van der Waals surface area contributed by atoms with Gasteiger partial charge in [0.25, 0.3) is 0 Å². The van der Waals surface area contributed by atoms with Gasteiger partial charge in [-0.05, 0) is 19.2 Å². The summed E-state index contributed by atoms with van der Waals surface area (Å²) in [5.74, 6) is 0.852. The lowest BCUT2D eigenvalue weighted by molar-refractivity contribution is -0.131. The minimum absolute atomic E-state index is 0.0624. The van der Waals surface area contributed by atoms with Crippen molar-refractivity contribution in [2.45, 2.75) is 6.54 Å². The van der Waals surface area contributed by atoms with E-state index < -0.39 is 0 Å². The van der Waals surface area contributed by atoms with Crippen molar-refractivity contribution in [3.8, 4) is 0 Å². The van der Waals surface area contributed by atoms with E-state index in [0.29, 0.717) is 19.6 Å². The van der Waals surface area contributed by atoms with Gasteiger partial charge in [-0.25, -0.2) is 0 Å². The maximum atomic E-state index is 11.8. The zero-order valence-electron chi connectivity index (χ0n) is 9.85. The van der Waals surface area contributed by atoms with E-state index in [2.05, 4.69) is 0 Å². The number of carbonyl (C=O) groups is 1. The molecule has 0 aliphatic rings. The normalized spacial score (nSPS) is 10.8. The largest absolute Gasteiger partial charge is 0.467 e. The zero-order chi connectivity index (χ0) is 12.0. The van der Waals surface area contributed by atoms with Gasteiger partial charge in [-0.1, -0.05) is 0 Å². The summed E-state index contributed by atoms with van der Waals surface area (Å²) in [5, 5.41) is 0. The van der Waals surface area contributed by atoms with Crippen LogP contribution in [-0.4, -0.2) is 49.4 Å². The standard InChI is InChI=1S/C11H19N3O2/c1-13(6-5-12)9-11(15)14(2)8-10-4-3-7-16-10/h3-4,7H,5-6,8-9,12H2,1-2H3. The van der Waals surface area contributed by atoms with E-state index >= 15 is 0 Å². The lowest BCUT2D eigenvalue weighted by atomic mass is 10.4. The average molecular weight is 225 g/mol. The molecule has 0 saturated heterocycles. The molecule has 1 heterocycles. The second kappa shape index (κ2) is 6.30. The molecule has 0 saturated carbocycles. The van der Waals surface area contributed by atoms with E-state index in [9.17, 15) is 4.79 Å². The van der Waals surface area contributed by atoms with Crippen molar-refractivity contribution in [2.75, 3.05) is 33.7 Å². The van der Waals surface area contributed by atoms with Crippen LogP contribution in [0.4, 0.5) is 0 Å². The topological polar surface area (TPSA) is 62.7 Å². The second-order valence-electron chi connectivity index (χ2n) is 3.86. The third-order valence-electron chi connectivity index (χ3n) is 2.31. The molecular weight excluding hydrogens is 206 g/mol. The summed E-state index contributed by atoms with van der Waals surface area (Å²) in [6, 6.07) is 3.67. The molecule has 1 rings (SSSR count). The highest BCUT2D eigenvalue weighted by molar-refractivity contribution is 5.77. The number of rotatable bonds is 6. The van der Waals surface area contributed by atoms with Crippen LogP contribution in [0.15, 0.2) is 22.8 Å². The third kappa shape index (κ3) is 4.04. The van der Waals surface area contributed by atoms with Crippen molar-refractivity contribution >= 4 is 5.91 Å². The fraction of sp³-hybridized carbons (Fsp3) is 0.545. The van der Waals surface area contributed by atoms with Crippen molar-refractivity contribution in [2.24, 2.45) is 5.73 Å². The molecule has 0 unspecified atom stereocenters. The molecule has 1 aromatic rings. The summed E-state index contributed by atoms with van der Waals surface area (Å²) in [6.07, 6.45) is 1.61. The summed E-state index contributed by atoms with van der Waals surface area (Å²) < 4.78 is 5.18. The van der Waals surface area contributed by atoms with Gasteiger partial charge in [0, 0.05) is 20.1 Å². The van der Waals surface area contributed by atoms with Crippen LogP contribution in [0.2, 0.25) is 0 Å². The van der Waals surface area contributed by atoms with Gasteiger partial charge >= 0.3 is 0 Å². The van der Waals surface area contributed by atoms with Crippen LogP contribution < -0.4 is 5.73 Å². The Morgan fingerprint density at radius 3 is 2.81 bits per heavy atom. The van der Waals surface area contributed by atoms with E-state index in [1.165, 1.54) is 0 Å². The summed E-state index contributed by atoms with van der Waals surface area (Å²) >= 11 is 0. The Balaban J connectivity index is 2.36. The minimum atomic E-state index is 0.0624. The van der Waals surface area contributed by atoms with E-state index in [1.54, 1.807) is 18.2 Å². The molecule has 2 N–H and O–H groups in total. The maximum Gasteiger partial charge on any atom is 0.236 e. The highest BCUT2D eigenvalue weighted by Crippen LogP contribution is 2.03. The van der Waals surface area contributed by atoms with E-state index in [4.69, 9.17) is 10.2 Å². The number of furan rings is 1. The van der Waals surface area contributed by atoms with Crippen molar-refractivity contribution < 1.29 is 9.21 Å². The van der Waals surface area contributed by atoms with Gasteiger partial charge in [0.05, 0.1) is 19.4 Å². The Labute approximate surface area is 95.8 Å². The third-order valence-corrected chi connectivity index (χ3v) is 2.31. The summed E-state index contributed by atoms with van der Waals surface area (Å²) in [6.45, 7) is 2.17. The Morgan fingerprint density at radius 2 is 2.25 bits per heavy atom. The lowest BCUT2D eigenvalue weighted by Crippen LogP contribution is -2.38. The minimum Gasteiger partial charge on any atom is -0.467 e. The smallest absolute Gasteiger partial charge is 0.236 e. The van der Waals surface area contributed by atoms with Crippen LogP contribution in [0.25, 0.3) is 0 Å². The molecule has 1 amide bonds. The molecule has 0 aromatic carbocycles. The van der Waals surface area contributed by atoms with E-state index in [0.717, 1.165) is 12.3 Å². The van der Waals surface area contributed by atoms with E-state index in [-0.39, 0.29) is 5.91 Å². The molecule has 90 valence electrons. The van der Waals surface area contributed by atoms with Gasteiger partial charge in [0.1, 0.15) is 5.76 Å². The van der Waals surface area contributed by atoms with Gasteiger partial charge < -0.3 is 15.1 Å². The molecule has 1 aromatic heterocycles. The summed E-state index contributed by atoms with van der Waals surface area (Å²) in [5.41, 5.74) is 5.41. The van der Waals surface area contributed by atoms with Crippen LogP contribution in [-0.2, 0) is 11.3 Å². The predicted octanol–water partition coefficient (Wildman–Crippen LogP) is 0.129. The number of nitrogens with zero attached hydrogens (tertiary/aromatic N) is 2. The molecule has 0 bridgehead atoms. The molecule has 0 fully saturated rings. The van der Waals surface area contributed by atoms with Gasteiger partial charge in [0.15, 0.2) is 0 Å². The van der Waals surface area contributed by atoms with Crippen LogP contribution in [0, 0.1) is 0 Å². The van der Waals surface area contributed by atoms with Crippen molar-refractivity contribution in [3.05, 3.63) is 24.2 Å². The van der Waals surface area contributed by atoms with E-state index in [1.807, 2.05) is 24.1 Å². The molecule has 0 aliphatic carbocycles.